The number of alkyl halides is 2. The van der Waals surface area contributed by atoms with Crippen LogP contribution in [0.1, 0.15) is 16.0 Å². The lowest BCUT2D eigenvalue weighted by Crippen LogP contribution is -2.17. The molecule has 2 unspecified atom stereocenters. The number of carbonyl (C=O) groups is 2. The molecule has 4 aromatic rings. The lowest BCUT2D eigenvalue weighted by atomic mass is 10.0. The topological polar surface area (TPSA) is 74.6 Å². The van der Waals surface area contributed by atoms with Gasteiger partial charge in [-0.2, -0.15) is 0 Å². The fourth-order valence-electron chi connectivity index (χ4n) is 3.29. The predicted octanol–water partition coefficient (Wildman–Crippen LogP) is 7.43. The Kier molecular flexibility index (Phi) is 10.1. The van der Waals surface area contributed by atoms with E-state index in [1.165, 1.54) is 0 Å². The van der Waals surface area contributed by atoms with Gasteiger partial charge >= 0.3 is 11.9 Å². The van der Waals surface area contributed by atoms with Gasteiger partial charge in [0.05, 0.1) is 4.83 Å². The standard InChI is InChI=1S/C15H12Br2O2.C15H10O2/c16-13(14(17)15(18)19)12-8-6-11(7-9-12)10-4-2-1-3-5-10;16-15(17)11-8-12-6-9-14(10-7-12)13-4-2-1-3-5-13/h1-9,13-14H,(H,18,19);1-7,9-10H,(H,16,17). The van der Waals surface area contributed by atoms with Crippen LogP contribution in [0.5, 0.6) is 0 Å². The average molecular weight is 606 g/mol. The summed E-state index contributed by atoms with van der Waals surface area (Å²) in [4.78, 5) is 20.3. The summed E-state index contributed by atoms with van der Waals surface area (Å²) < 4.78 is 0. The van der Waals surface area contributed by atoms with Gasteiger partial charge in [-0.25, -0.2) is 4.79 Å². The third-order valence-corrected chi connectivity index (χ3v) is 7.82. The first kappa shape index (κ1) is 26.9. The first-order valence-electron chi connectivity index (χ1n) is 10.9. The molecule has 4 aromatic carbocycles. The molecule has 0 aliphatic carbocycles. The van der Waals surface area contributed by atoms with Crippen LogP contribution >= 0.6 is 31.9 Å². The van der Waals surface area contributed by atoms with Crippen molar-refractivity contribution in [2.45, 2.75) is 9.65 Å². The van der Waals surface area contributed by atoms with Crippen molar-refractivity contribution in [3.63, 3.8) is 0 Å². The van der Waals surface area contributed by atoms with Gasteiger partial charge in [0.25, 0.3) is 0 Å². The molecule has 0 radical (unpaired) electrons. The monoisotopic (exact) mass is 604 g/mol. The second-order valence-electron chi connectivity index (χ2n) is 7.63. The zero-order valence-electron chi connectivity index (χ0n) is 19.0. The number of halogens is 2. The molecule has 4 nitrogen and oxygen atoms in total. The maximum Gasteiger partial charge on any atom is 0.382 e. The number of hydrogen-bond donors (Lipinski definition) is 2. The maximum atomic E-state index is 10.9. The van der Waals surface area contributed by atoms with Crippen molar-refractivity contribution in [3.05, 3.63) is 120 Å². The Bertz CT molecular complexity index is 1340. The first-order valence-corrected chi connectivity index (χ1v) is 12.7. The quantitative estimate of drug-likeness (QED) is 0.183. The van der Waals surface area contributed by atoms with Gasteiger partial charge in [0, 0.05) is 11.5 Å². The van der Waals surface area contributed by atoms with Gasteiger partial charge in [0.1, 0.15) is 4.83 Å². The van der Waals surface area contributed by atoms with E-state index in [0.29, 0.717) is 5.56 Å². The number of rotatable bonds is 5. The highest BCUT2D eigenvalue weighted by Crippen LogP contribution is 2.32. The lowest BCUT2D eigenvalue weighted by Gasteiger charge is -2.13. The Morgan fingerprint density at radius 1 is 0.611 bits per heavy atom. The molecule has 6 heteroatoms. The fourth-order valence-corrected chi connectivity index (χ4v) is 4.12. The Hall–Kier alpha value is -3.66. The van der Waals surface area contributed by atoms with E-state index < -0.39 is 16.8 Å². The Morgan fingerprint density at radius 2 is 1.03 bits per heavy atom. The fraction of sp³-hybridized carbons (Fsp3) is 0.0667. The largest absolute Gasteiger partial charge is 0.480 e. The second kappa shape index (κ2) is 13.4. The summed E-state index contributed by atoms with van der Waals surface area (Å²) >= 11 is 6.57. The van der Waals surface area contributed by atoms with Crippen LogP contribution < -0.4 is 0 Å². The third-order valence-electron chi connectivity index (χ3n) is 5.13. The zero-order chi connectivity index (χ0) is 25.9. The molecule has 0 saturated heterocycles. The lowest BCUT2D eigenvalue weighted by molar-refractivity contribution is -0.136. The van der Waals surface area contributed by atoms with Crippen LogP contribution in [-0.2, 0) is 9.59 Å². The summed E-state index contributed by atoms with van der Waals surface area (Å²) in [5, 5.41) is 17.4. The van der Waals surface area contributed by atoms with Gasteiger partial charge in [-0.1, -0.05) is 135 Å². The van der Waals surface area contributed by atoms with Crippen molar-refractivity contribution in [1.29, 1.82) is 0 Å². The molecule has 180 valence electrons. The minimum absolute atomic E-state index is 0.255. The highest BCUT2D eigenvalue weighted by Gasteiger charge is 2.24. The summed E-state index contributed by atoms with van der Waals surface area (Å²) in [7, 11) is 0. The molecule has 0 aliphatic heterocycles. The molecule has 0 bridgehead atoms. The molecule has 0 spiro atoms. The van der Waals surface area contributed by atoms with Crippen LogP contribution in [0.25, 0.3) is 22.3 Å². The van der Waals surface area contributed by atoms with E-state index in [-0.39, 0.29) is 4.83 Å². The van der Waals surface area contributed by atoms with Gasteiger partial charge < -0.3 is 10.2 Å². The van der Waals surface area contributed by atoms with Crippen LogP contribution in [0.2, 0.25) is 0 Å². The van der Waals surface area contributed by atoms with E-state index in [4.69, 9.17) is 10.2 Å². The number of aliphatic carboxylic acids is 2. The van der Waals surface area contributed by atoms with Gasteiger partial charge in [-0.15, -0.1) is 0 Å². The number of carboxylic acid groups (broad SMARTS) is 2. The molecule has 0 aromatic heterocycles. The van der Waals surface area contributed by atoms with E-state index >= 15 is 0 Å². The molecule has 0 amide bonds. The van der Waals surface area contributed by atoms with Crippen LogP contribution in [0, 0.1) is 11.8 Å². The SMILES string of the molecule is O=C(O)C#Cc1ccc(-c2ccccc2)cc1.O=C(O)C(Br)C(Br)c1ccc(-c2ccccc2)cc1. The molecule has 2 atom stereocenters. The summed E-state index contributed by atoms with van der Waals surface area (Å²) in [5.74, 6) is 2.67. The number of carboxylic acids is 2. The summed E-state index contributed by atoms with van der Waals surface area (Å²) in [6, 6.07) is 35.4. The smallest absolute Gasteiger partial charge is 0.382 e. The molecule has 0 fully saturated rings. The van der Waals surface area contributed by atoms with Crippen LogP contribution in [-0.4, -0.2) is 27.0 Å². The van der Waals surface area contributed by atoms with Crippen molar-refractivity contribution in [2.75, 3.05) is 0 Å². The van der Waals surface area contributed by atoms with Gasteiger partial charge in [-0.3, -0.25) is 4.79 Å². The third kappa shape index (κ3) is 7.94. The van der Waals surface area contributed by atoms with E-state index in [1.807, 2.05) is 109 Å². The maximum absolute atomic E-state index is 10.9. The van der Waals surface area contributed by atoms with Crippen molar-refractivity contribution in [2.24, 2.45) is 0 Å². The Labute approximate surface area is 226 Å². The van der Waals surface area contributed by atoms with E-state index in [9.17, 15) is 9.59 Å². The zero-order valence-corrected chi connectivity index (χ0v) is 22.2. The van der Waals surface area contributed by atoms with Crippen LogP contribution in [0.15, 0.2) is 109 Å². The highest BCUT2D eigenvalue weighted by atomic mass is 79.9. The first-order chi connectivity index (χ1) is 17.3. The average Bonchev–Trinajstić information content (AvgIpc) is 2.92. The van der Waals surface area contributed by atoms with Gasteiger partial charge in [-0.05, 0) is 39.9 Å². The molecule has 0 heterocycles. The Morgan fingerprint density at radius 3 is 1.44 bits per heavy atom. The molecule has 2 N–H and O–H groups in total. The van der Waals surface area contributed by atoms with Crippen molar-refractivity contribution < 1.29 is 19.8 Å². The van der Waals surface area contributed by atoms with Crippen LogP contribution in [0.4, 0.5) is 0 Å². The summed E-state index contributed by atoms with van der Waals surface area (Å²) in [6.07, 6.45) is 0. The van der Waals surface area contributed by atoms with Crippen molar-refractivity contribution in [1.82, 2.24) is 0 Å². The number of benzene rings is 4. The highest BCUT2D eigenvalue weighted by molar-refractivity contribution is 9.12. The summed E-state index contributed by atoms with van der Waals surface area (Å²) in [5.41, 5.74) is 6.12. The molecule has 4 rings (SSSR count). The molecule has 36 heavy (non-hydrogen) atoms. The molecule has 0 saturated carbocycles. The van der Waals surface area contributed by atoms with Gasteiger partial charge in [0.2, 0.25) is 0 Å². The van der Waals surface area contributed by atoms with Crippen molar-refractivity contribution >= 4 is 43.8 Å². The number of hydrogen-bond acceptors (Lipinski definition) is 2. The summed E-state index contributed by atoms with van der Waals surface area (Å²) in [6.45, 7) is 0. The van der Waals surface area contributed by atoms with Crippen molar-refractivity contribution in [3.8, 4) is 34.1 Å². The Balaban J connectivity index is 0.000000202. The minimum Gasteiger partial charge on any atom is -0.480 e. The predicted molar refractivity (Wildman–Crippen MR) is 150 cm³/mol. The minimum atomic E-state index is -1.11. The van der Waals surface area contributed by atoms with E-state index in [0.717, 1.165) is 27.8 Å². The normalized spacial score (nSPS) is 11.6. The molecular formula is C30H22Br2O4. The van der Waals surface area contributed by atoms with Crippen LogP contribution in [0.3, 0.4) is 0 Å². The van der Waals surface area contributed by atoms with Gasteiger partial charge in [0.15, 0.2) is 0 Å². The van der Waals surface area contributed by atoms with E-state index in [1.54, 1.807) is 0 Å². The second-order valence-corrected chi connectivity index (χ2v) is 9.60. The molecule has 0 aliphatic rings. The van der Waals surface area contributed by atoms with E-state index in [2.05, 4.69) is 43.7 Å². The molecular weight excluding hydrogens is 584 g/mol.